The van der Waals surface area contributed by atoms with Crippen LogP contribution in [0.4, 0.5) is 0 Å². The number of hydrogen-bond acceptors (Lipinski definition) is 3. The second-order valence-electron chi connectivity index (χ2n) is 6.94. The molecule has 0 aliphatic heterocycles. The van der Waals surface area contributed by atoms with Crippen molar-refractivity contribution >= 4 is 10.0 Å². The Kier molecular flexibility index (Phi) is 2.97. The van der Waals surface area contributed by atoms with Crippen LogP contribution < -0.4 is 10.5 Å². The van der Waals surface area contributed by atoms with Gasteiger partial charge in [-0.15, -0.1) is 0 Å². The van der Waals surface area contributed by atoms with Gasteiger partial charge in [-0.1, -0.05) is 12.1 Å². The van der Waals surface area contributed by atoms with Gasteiger partial charge in [-0.05, 0) is 67.1 Å². The van der Waals surface area contributed by atoms with Crippen LogP contribution in [0.25, 0.3) is 0 Å². The maximum atomic E-state index is 12.7. The molecule has 0 amide bonds. The lowest BCUT2D eigenvalue weighted by Gasteiger charge is -2.13. The highest BCUT2D eigenvalue weighted by Gasteiger charge is 2.65. The van der Waals surface area contributed by atoms with Crippen molar-refractivity contribution in [1.82, 2.24) is 4.72 Å². The number of fused-ring (bicyclic) bond motifs is 5. The molecule has 3 aliphatic rings. The summed E-state index contributed by atoms with van der Waals surface area (Å²) < 4.78 is 28.3. The van der Waals surface area contributed by atoms with Crippen molar-refractivity contribution in [2.45, 2.75) is 43.7 Å². The minimum Gasteiger partial charge on any atom is -0.326 e. The molecule has 21 heavy (non-hydrogen) atoms. The second kappa shape index (κ2) is 4.54. The molecule has 1 aromatic carbocycles. The van der Waals surface area contributed by atoms with E-state index in [9.17, 15) is 8.42 Å². The van der Waals surface area contributed by atoms with E-state index in [1.807, 2.05) is 19.1 Å². The van der Waals surface area contributed by atoms with Crippen LogP contribution in [0.3, 0.4) is 0 Å². The van der Waals surface area contributed by atoms with Crippen molar-refractivity contribution in [3.63, 3.8) is 0 Å². The molecule has 4 atom stereocenters. The third-order valence-electron chi connectivity index (χ3n) is 5.80. The molecule has 3 aliphatic carbocycles. The third kappa shape index (κ3) is 2.05. The molecule has 2 bridgehead atoms. The van der Waals surface area contributed by atoms with E-state index in [0.717, 1.165) is 23.0 Å². The van der Waals surface area contributed by atoms with Gasteiger partial charge >= 0.3 is 0 Å². The highest BCUT2D eigenvalue weighted by Crippen LogP contribution is 2.65. The number of nitrogens with one attached hydrogen (secondary N) is 1. The van der Waals surface area contributed by atoms with E-state index in [4.69, 9.17) is 5.73 Å². The molecule has 0 saturated heterocycles. The van der Waals surface area contributed by atoms with E-state index < -0.39 is 10.0 Å². The number of benzene rings is 1. The Morgan fingerprint density at radius 3 is 2.52 bits per heavy atom. The van der Waals surface area contributed by atoms with Crippen LogP contribution in [0.5, 0.6) is 0 Å². The van der Waals surface area contributed by atoms with Crippen LogP contribution in [-0.4, -0.2) is 14.5 Å². The van der Waals surface area contributed by atoms with Crippen molar-refractivity contribution in [2.75, 3.05) is 0 Å². The van der Waals surface area contributed by atoms with Gasteiger partial charge in [0.1, 0.15) is 0 Å². The average molecular weight is 306 g/mol. The topological polar surface area (TPSA) is 72.2 Å². The predicted octanol–water partition coefficient (Wildman–Crippen LogP) is 1.78. The molecule has 4 rings (SSSR count). The van der Waals surface area contributed by atoms with Crippen LogP contribution >= 0.6 is 0 Å². The molecule has 3 fully saturated rings. The Morgan fingerprint density at radius 2 is 1.90 bits per heavy atom. The third-order valence-corrected chi connectivity index (χ3v) is 7.41. The quantitative estimate of drug-likeness (QED) is 0.890. The van der Waals surface area contributed by atoms with Crippen LogP contribution in [0.15, 0.2) is 23.1 Å². The Labute approximate surface area is 126 Å². The van der Waals surface area contributed by atoms with Gasteiger partial charge in [-0.25, -0.2) is 13.1 Å². The number of rotatable bonds is 4. The lowest BCUT2D eigenvalue weighted by Crippen LogP contribution is -2.30. The fourth-order valence-electron chi connectivity index (χ4n) is 4.79. The normalized spacial score (nSPS) is 36.8. The summed E-state index contributed by atoms with van der Waals surface area (Å²) in [5.41, 5.74) is 7.27. The summed E-state index contributed by atoms with van der Waals surface area (Å²) in [5.74, 6) is 2.75. The molecule has 1 aromatic rings. The molecule has 0 heterocycles. The van der Waals surface area contributed by atoms with Crippen LogP contribution in [0.2, 0.25) is 0 Å². The molecular formula is C16H22N2O2S. The summed E-state index contributed by atoms with van der Waals surface area (Å²) in [6.07, 6.45) is 3.92. The number of hydrogen-bond donors (Lipinski definition) is 2. The van der Waals surface area contributed by atoms with Crippen molar-refractivity contribution < 1.29 is 8.42 Å². The molecule has 0 aromatic heterocycles. The standard InChI is InChI=1S/C16H22N2O2S/c1-9-2-3-10(8-17)6-13(9)21(19,20)18-16-14-11-4-5-12(7-11)15(14)16/h2-3,6,11-12,14-16,18H,4-5,7-8,17H2,1H3. The van der Waals surface area contributed by atoms with Crippen LogP contribution in [0.1, 0.15) is 30.4 Å². The van der Waals surface area contributed by atoms with Gasteiger partial charge in [-0.2, -0.15) is 0 Å². The zero-order chi connectivity index (χ0) is 14.8. The predicted molar refractivity (Wildman–Crippen MR) is 81.0 cm³/mol. The molecule has 0 radical (unpaired) electrons. The monoisotopic (exact) mass is 306 g/mol. The largest absolute Gasteiger partial charge is 0.326 e. The number of aryl methyl sites for hydroxylation is 1. The SMILES string of the molecule is Cc1ccc(CN)cc1S(=O)(=O)NC1C2C3CCC(C3)C12. The molecule has 5 heteroatoms. The Hall–Kier alpha value is -0.910. The van der Waals surface area contributed by atoms with Gasteiger partial charge in [0.15, 0.2) is 0 Å². The number of nitrogens with two attached hydrogens (primary N) is 1. The fraction of sp³-hybridized carbons (Fsp3) is 0.625. The maximum absolute atomic E-state index is 12.7. The summed E-state index contributed by atoms with van der Waals surface area (Å²) in [6.45, 7) is 2.20. The first-order chi connectivity index (χ1) is 10.0. The first-order valence-electron chi connectivity index (χ1n) is 7.83. The van der Waals surface area contributed by atoms with Gasteiger partial charge < -0.3 is 5.73 Å². The highest BCUT2D eigenvalue weighted by atomic mass is 32.2. The van der Waals surface area contributed by atoms with Gasteiger partial charge in [0.25, 0.3) is 0 Å². The summed E-state index contributed by atoms with van der Waals surface area (Å²) >= 11 is 0. The number of sulfonamides is 1. The fourth-order valence-corrected chi connectivity index (χ4v) is 6.38. The smallest absolute Gasteiger partial charge is 0.241 e. The first kappa shape index (κ1) is 13.7. The van der Waals surface area contributed by atoms with Crippen molar-refractivity contribution in [2.24, 2.45) is 29.4 Å². The Bertz CT molecular complexity index is 670. The van der Waals surface area contributed by atoms with E-state index >= 15 is 0 Å². The van der Waals surface area contributed by atoms with Crippen LogP contribution in [0, 0.1) is 30.6 Å². The maximum Gasteiger partial charge on any atom is 0.241 e. The van der Waals surface area contributed by atoms with Crippen molar-refractivity contribution in [3.05, 3.63) is 29.3 Å². The van der Waals surface area contributed by atoms with Crippen LogP contribution in [-0.2, 0) is 16.6 Å². The minimum absolute atomic E-state index is 0.183. The molecule has 114 valence electrons. The lowest BCUT2D eigenvalue weighted by molar-refractivity contribution is 0.456. The summed E-state index contributed by atoms with van der Waals surface area (Å²) in [7, 11) is -3.43. The van der Waals surface area contributed by atoms with Crippen molar-refractivity contribution in [3.8, 4) is 0 Å². The highest BCUT2D eigenvalue weighted by molar-refractivity contribution is 7.89. The van der Waals surface area contributed by atoms with E-state index in [2.05, 4.69) is 4.72 Å². The van der Waals surface area contributed by atoms with Gasteiger partial charge in [0.2, 0.25) is 10.0 Å². The summed E-state index contributed by atoms with van der Waals surface area (Å²) in [6, 6.07) is 5.63. The minimum atomic E-state index is -3.43. The summed E-state index contributed by atoms with van der Waals surface area (Å²) in [4.78, 5) is 0.391. The molecule has 0 spiro atoms. The average Bonchev–Trinajstić information content (AvgIpc) is 2.85. The van der Waals surface area contributed by atoms with Gasteiger partial charge in [0, 0.05) is 12.6 Å². The van der Waals surface area contributed by atoms with Gasteiger partial charge in [-0.3, -0.25) is 0 Å². The molecule has 3 saturated carbocycles. The molecule has 4 unspecified atom stereocenters. The van der Waals surface area contributed by atoms with Crippen molar-refractivity contribution in [1.29, 1.82) is 0 Å². The molecule has 3 N–H and O–H groups in total. The van der Waals surface area contributed by atoms with E-state index in [1.165, 1.54) is 19.3 Å². The lowest BCUT2D eigenvalue weighted by atomic mass is 10.0. The zero-order valence-electron chi connectivity index (χ0n) is 12.2. The second-order valence-corrected chi connectivity index (χ2v) is 8.62. The van der Waals surface area contributed by atoms with E-state index in [0.29, 0.717) is 23.3 Å². The first-order valence-corrected chi connectivity index (χ1v) is 9.31. The Balaban J connectivity index is 1.58. The van der Waals surface area contributed by atoms with E-state index in [-0.39, 0.29) is 6.04 Å². The van der Waals surface area contributed by atoms with E-state index in [1.54, 1.807) is 6.07 Å². The molecular weight excluding hydrogens is 284 g/mol. The van der Waals surface area contributed by atoms with Gasteiger partial charge in [0.05, 0.1) is 4.90 Å². The summed E-state index contributed by atoms with van der Waals surface area (Å²) in [5, 5.41) is 0. The molecule has 4 nitrogen and oxygen atoms in total. The Morgan fingerprint density at radius 1 is 1.24 bits per heavy atom. The zero-order valence-corrected chi connectivity index (χ0v) is 13.1.